The number of ether oxygens (including phenoxy) is 3. The van der Waals surface area contributed by atoms with Crippen LogP contribution in [0.4, 0.5) is 9.93 Å². The maximum atomic E-state index is 14.8. The summed E-state index contributed by atoms with van der Waals surface area (Å²) in [5.74, 6) is -0.0874. The summed E-state index contributed by atoms with van der Waals surface area (Å²) in [4.78, 5) is 64.6. The molecule has 16 heteroatoms. The van der Waals surface area contributed by atoms with Gasteiger partial charge in [-0.15, -0.1) is 17.9 Å². The van der Waals surface area contributed by atoms with E-state index in [2.05, 4.69) is 22.5 Å². The van der Waals surface area contributed by atoms with Crippen LogP contribution in [0.15, 0.2) is 42.3 Å². The lowest BCUT2D eigenvalue weighted by atomic mass is 9.85. The highest BCUT2D eigenvalue weighted by Gasteiger charge is 2.65. The highest BCUT2D eigenvalue weighted by atomic mass is 32.1. The SMILES string of the molecule is C=C[C@@H]1C[C@]1(NC(=O)CC1C[C@@H](Oc2cc(-c3csc(NC(C)C)n3)nc3cc(OC)ccc23)CN1C(=O)[C@@H](NC(=O)OC1CCCC1)C(C)(C)C)P(=O)(O)CC(C)C. The van der Waals surface area contributed by atoms with Crippen LogP contribution >= 0.6 is 18.7 Å². The van der Waals surface area contributed by atoms with Crippen molar-refractivity contribution in [2.75, 3.05) is 25.1 Å². The molecular formula is C43H61N6O8PS. The van der Waals surface area contributed by atoms with Crippen molar-refractivity contribution in [3.05, 3.63) is 42.3 Å². The highest BCUT2D eigenvalue weighted by Crippen LogP contribution is 2.70. The summed E-state index contributed by atoms with van der Waals surface area (Å²) in [6.45, 7) is 17.4. The van der Waals surface area contributed by atoms with E-state index in [0.717, 1.165) is 36.2 Å². The van der Waals surface area contributed by atoms with Gasteiger partial charge in [0.1, 0.15) is 40.7 Å². The Morgan fingerprint density at radius 1 is 1.10 bits per heavy atom. The number of carbonyl (C=O) groups excluding carboxylic acids is 3. The van der Waals surface area contributed by atoms with Gasteiger partial charge in [0.2, 0.25) is 19.2 Å². The number of alkyl carbamates (subject to hydrolysis) is 1. The van der Waals surface area contributed by atoms with Gasteiger partial charge < -0.3 is 40.0 Å². The number of aromatic nitrogens is 2. The van der Waals surface area contributed by atoms with Gasteiger partial charge in [-0.05, 0) is 69.4 Å². The van der Waals surface area contributed by atoms with E-state index >= 15 is 0 Å². The topological polar surface area (TPSA) is 181 Å². The number of anilines is 1. The van der Waals surface area contributed by atoms with Crippen LogP contribution in [-0.2, 0) is 18.9 Å². The van der Waals surface area contributed by atoms with E-state index in [1.165, 1.54) is 11.3 Å². The second-order valence-corrected chi connectivity index (χ2v) is 21.5. The Kier molecular flexibility index (Phi) is 13.4. The summed E-state index contributed by atoms with van der Waals surface area (Å²) in [5.41, 5.74) is 1.16. The molecule has 14 nitrogen and oxygen atoms in total. The fraction of sp³-hybridized carbons (Fsp3) is 0.605. The third-order valence-electron chi connectivity index (χ3n) is 11.3. The number of hydrogen-bond acceptors (Lipinski definition) is 11. The van der Waals surface area contributed by atoms with Crippen LogP contribution in [0.5, 0.6) is 11.5 Å². The molecule has 6 rings (SSSR count). The van der Waals surface area contributed by atoms with Crippen molar-refractivity contribution in [1.29, 1.82) is 0 Å². The molecule has 2 saturated carbocycles. The third kappa shape index (κ3) is 10.2. The fourth-order valence-electron chi connectivity index (χ4n) is 8.31. The van der Waals surface area contributed by atoms with Gasteiger partial charge in [0.25, 0.3) is 0 Å². The Morgan fingerprint density at radius 3 is 2.46 bits per heavy atom. The van der Waals surface area contributed by atoms with Crippen LogP contribution < -0.4 is 25.4 Å². The number of thiazole rings is 1. The molecule has 1 aromatic carbocycles. The van der Waals surface area contributed by atoms with Crippen molar-refractivity contribution >= 4 is 52.6 Å². The van der Waals surface area contributed by atoms with Crippen LogP contribution in [0.2, 0.25) is 0 Å². The van der Waals surface area contributed by atoms with Crippen molar-refractivity contribution in [2.24, 2.45) is 17.3 Å². The Balaban J connectivity index is 1.31. The van der Waals surface area contributed by atoms with Gasteiger partial charge in [-0.2, -0.15) is 0 Å². The Morgan fingerprint density at radius 2 is 1.83 bits per heavy atom. The molecule has 3 heterocycles. The van der Waals surface area contributed by atoms with Crippen LogP contribution in [-0.4, -0.2) is 93.1 Å². The Bertz CT molecular complexity index is 2080. The summed E-state index contributed by atoms with van der Waals surface area (Å²) in [6.07, 6.45) is 4.25. The molecule has 2 aromatic heterocycles. The average molecular weight is 853 g/mol. The first-order valence-electron chi connectivity index (χ1n) is 20.7. The van der Waals surface area contributed by atoms with Crippen LogP contribution in [0, 0.1) is 17.3 Å². The summed E-state index contributed by atoms with van der Waals surface area (Å²) in [7, 11) is -2.24. The van der Waals surface area contributed by atoms with E-state index in [1.54, 1.807) is 18.1 Å². The van der Waals surface area contributed by atoms with Crippen LogP contribution in [0.3, 0.4) is 0 Å². The molecule has 3 aromatic rings. The maximum Gasteiger partial charge on any atom is 0.408 e. The number of amides is 3. The zero-order chi connectivity index (χ0) is 42.9. The second-order valence-electron chi connectivity index (χ2n) is 18.1. The predicted octanol–water partition coefficient (Wildman–Crippen LogP) is 7.95. The number of fused-ring (bicyclic) bond motifs is 1. The molecule has 3 amide bonds. The molecular weight excluding hydrogens is 792 g/mol. The first-order chi connectivity index (χ1) is 27.8. The molecule has 2 aliphatic carbocycles. The van der Waals surface area contributed by atoms with Gasteiger partial charge in [-0.1, -0.05) is 40.7 Å². The summed E-state index contributed by atoms with van der Waals surface area (Å²) in [5, 5.41) is 11.3. The number of benzene rings is 1. The van der Waals surface area contributed by atoms with Crippen molar-refractivity contribution in [1.82, 2.24) is 25.5 Å². The monoisotopic (exact) mass is 852 g/mol. The number of rotatable bonds is 16. The minimum Gasteiger partial charge on any atom is -0.497 e. The quantitative estimate of drug-likeness (QED) is 0.0811. The molecule has 3 aliphatic rings. The second kappa shape index (κ2) is 17.8. The van der Waals surface area contributed by atoms with E-state index < -0.39 is 48.3 Å². The number of carbonyl (C=O) groups is 3. The molecule has 4 N–H and O–H groups in total. The number of likely N-dealkylation sites (tertiary alicyclic amines) is 1. The van der Waals surface area contributed by atoms with Gasteiger partial charge in [0.05, 0.1) is 24.9 Å². The van der Waals surface area contributed by atoms with Crippen molar-refractivity contribution in [2.45, 2.75) is 129 Å². The van der Waals surface area contributed by atoms with Crippen molar-refractivity contribution < 1.29 is 38.1 Å². The molecule has 0 bridgehead atoms. The molecule has 322 valence electrons. The summed E-state index contributed by atoms with van der Waals surface area (Å²) < 4.78 is 31.8. The number of hydrogen-bond donors (Lipinski definition) is 4. The van der Waals surface area contributed by atoms with Crippen LogP contribution in [0.1, 0.15) is 93.4 Å². The molecule has 0 radical (unpaired) electrons. The lowest BCUT2D eigenvalue weighted by molar-refractivity contribution is -0.138. The van der Waals surface area contributed by atoms with Gasteiger partial charge in [0.15, 0.2) is 5.13 Å². The molecule has 1 aliphatic heterocycles. The molecule has 59 heavy (non-hydrogen) atoms. The standard InChI is InChI=1S/C43H61N6O8PS/c1-10-27-21-43(27,58(53,54)23-25(2)3)48-37(50)18-28-17-31(22-49(28)39(51)38(42(6,7)8)47-41(52)57-29-13-11-12-14-29)56-36-20-34(35-24-59-40(46-35)44-26(4)5)45-33-19-30(55-9)15-16-32(33)36/h10,15-16,19-20,24-29,31,38H,1,11-14,17-18,21-23H2,2-9H3,(H,44,46)(H,47,52)(H,48,50)(H,53,54)/t27-,28?,31-,38-,43+/m1/s1. The first-order valence-corrected chi connectivity index (χ1v) is 23.5. The van der Waals surface area contributed by atoms with Crippen molar-refractivity contribution in [3.8, 4) is 22.9 Å². The van der Waals surface area contributed by atoms with Crippen molar-refractivity contribution in [3.63, 3.8) is 0 Å². The van der Waals surface area contributed by atoms with E-state index in [0.29, 0.717) is 34.8 Å². The number of nitrogens with zero attached hydrogens (tertiary/aromatic N) is 3. The summed E-state index contributed by atoms with van der Waals surface area (Å²) in [6, 6.07) is 5.92. The van der Waals surface area contributed by atoms with E-state index in [4.69, 9.17) is 24.2 Å². The zero-order valence-corrected chi connectivity index (χ0v) is 37.3. The Hall–Kier alpha value is -4.20. The van der Waals surface area contributed by atoms with E-state index in [-0.39, 0.29) is 55.4 Å². The lowest BCUT2D eigenvalue weighted by Crippen LogP contribution is -2.56. The minimum atomic E-state index is -3.83. The molecule has 0 spiro atoms. The van der Waals surface area contributed by atoms with E-state index in [1.807, 2.05) is 78.1 Å². The third-order valence-corrected chi connectivity index (χ3v) is 15.2. The predicted molar refractivity (Wildman–Crippen MR) is 231 cm³/mol. The maximum absolute atomic E-state index is 14.8. The fourth-order valence-corrected chi connectivity index (χ4v) is 11.9. The largest absolute Gasteiger partial charge is 0.497 e. The van der Waals surface area contributed by atoms with Gasteiger partial charge in [-0.25, -0.2) is 14.8 Å². The highest BCUT2D eigenvalue weighted by molar-refractivity contribution is 7.60. The average Bonchev–Trinajstić information content (AvgIpc) is 3.52. The molecule has 3 fully saturated rings. The normalized spacial score (nSPS) is 23.5. The summed E-state index contributed by atoms with van der Waals surface area (Å²) >= 11 is 1.48. The van der Waals surface area contributed by atoms with Gasteiger partial charge in [0, 0.05) is 59.9 Å². The minimum absolute atomic E-state index is 0.0572. The first kappa shape index (κ1) is 44.4. The Labute approximate surface area is 351 Å². The lowest BCUT2D eigenvalue weighted by Gasteiger charge is -2.35. The smallest absolute Gasteiger partial charge is 0.408 e. The van der Waals surface area contributed by atoms with Gasteiger partial charge in [-0.3, -0.25) is 14.2 Å². The zero-order valence-electron chi connectivity index (χ0n) is 35.6. The van der Waals surface area contributed by atoms with E-state index in [9.17, 15) is 23.8 Å². The number of methoxy groups -OCH3 is 1. The molecule has 6 atom stereocenters. The van der Waals surface area contributed by atoms with Gasteiger partial charge >= 0.3 is 6.09 Å². The number of nitrogens with one attached hydrogen (secondary N) is 3. The van der Waals surface area contributed by atoms with Crippen LogP contribution in [0.25, 0.3) is 22.3 Å². The molecule has 1 saturated heterocycles. The number of pyridine rings is 1. The molecule has 2 unspecified atom stereocenters.